The Balaban J connectivity index is 1.71. The molecule has 2 amide bonds. The van der Waals surface area contributed by atoms with Crippen molar-refractivity contribution in [2.45, 2.75) is 96.8 Å². The lowest BCUT2D eigenvalue weighted by Crippen LogP contribution is -2.51. The number of rotatable bonds is 7. The van der Waals surface area contributed by atoms with Crippen molar-refractivity contribution in [1.82, 2.24) is 10.6 Å². The quantitative estimate of drug-likeness (QED) is 0.311. The predicted molar refractivity (Wildman–Crippen MR) is 137 cm³/mol. The lowest BCUT2D eigenvalue weighted by Gasteiger charge is -2.23. The maximum absolute atomic E-state index is 12.9. The monoisotopic (exact) mass is 531 g/mol. The highest BCUT2D eigenvalue weighted by Crippen LogP contribution is 2.39. The van der Waals surface area contributed by atoms with Crippen LogP contribution in [-0.4, -0.2) is 65.1 Å². The Morgan fingerprint density at radius 1 is 1.00 bits per heavy atom. The van der Waals surface area contributed by atoms with Gasteiger partial charge in [-0.2, -0.15) is 0 Å². The van der Waals surface area contributed by atoms with Crippen molar-refractivity contribution in [1.29, 1.82) is 0 Å². The number of carbonyl (C=O) groups excluding carboxylic acids is 4. The molecule has 0 radical (unpaired) electrons. The minimum absolute atomic E-state index is 0.228. The van der Waals surface area contributed by atoms with Crippen LogP contribution in [0.15, 0.2) is 35.5 Å². The summed E-state index contributed by atoms with van der Waals surface area (Å²) in [6, 6.07) is 7.84. The van der Waals surface area contributed by atoms with Crippen LogP contribution in [0.4, 0.5) is 4.79 Å². The third-order valence-electron chi connectivity index (χ3n) is 5.74. The summed E-state index contributed by atoms with van der Waals surface area (Å²) in [5.41, 5.74) is -0.0673. The van der Waals surface area contributed by atoms with Crippen LogP contribution in [0.1, 0.15) is 66.9 Å². The molecule has 5 atom stereocenters. The molecule has 2 aliphatic rings. The maximum atomic E-state index is 12.9. The molecule has 0 spiro atoms. The van der Waals surface area contributed by atoms with Crippen LogP contribution >= 0.6 is 0 Å². The molecular formula is C27H37N3O8. The summed E-state index contributed by atoms with van der Waals surface area (Å²) in [4.78, 5) is 55.5. The van der Waals surface area contributed by atoms with E-state index in [1.54, 1.807) is 41.5 Å². The van der Waals surface area contributed by atoms with E-state index in [0.717, 1.165) is 5.56 Å². The van der Waals surface area contributed by atoms with E-state index < -0.39 is 71.8 Å². The van der Waals surface area contributed by atoms with Crippen molar-refractivity contribution >= 4 is 29.7 Å². The average Bonchev–Trinajstić information content (AvgIpc) is 3.33. The normalized spacial score (nSPS) is 23.3. The van der Waals surface area contributed by atoms with Crippen LogP contribution in [-0.2, 0) is 33.4 Å². The van der Waals surface area contributed by atoms with Crippen molar-refractivity contribution in [2.24, 2.45) is 11.1 Å². The summed E-state index contributed by atoms with van der Waals surface area (Å²) in [5.74, 6) is -2.37. The Morgan fingerprint density at radius 2 is 1.63 bits per heavy atom. The number of benzene rings is 1. The van der Waals surface area contributed by atoms with Gasteiger partial charge in [-0.3, -0.25) is 14.4 Å². The van der Waals surface area contributed by atoms with Gasteiger partial charge in [0, 0.05) is 6.42 Å². The summed E-state index contributed by atoms with van der Waals surface area (Å²) < 4.78 is 16.1. The lowest BCUT2D eigenvalue weighted by atomic mass is 9.92. The number of esters is 2. The highest BCUT2D eigenvalue weighted by Gasteiger charge is 2.54. The van der Waals surface area contributed by atoms with Crippen LogP contribution in [0.5, 0.6) is 0 Å². The van der Waals surface area contributed by atoms with E-state index >= 15 is 0 Å². The topological polar surface area (TPSA) is 142 Å². The first-order chi connectivity index (χ1) is 17.6. The van der Waals surface area contributed by atoms with Crippen LogP contribution in [0.2, 0.25) is 0 Å². The van der Waals surface area contributed by atoms with Crippen molar-refractivity contribution in [3.05, 3.63) is 35.9 Å². The first-order valence-electron chi connectivity index (χ1n) is 12.6. The molecule has 1 fully saturated rings. The fourth-order valence-electron chi connectivity index (χ4n) is 4.32. The Kier molecular flexibility index (Phi) is 8.68. The van der Waals surface area contributed by atoms with E-state index in [1.807, 2.05) is 30.3 Å². The zero-order valence-corrected chi connectivity index (χ0v) is 22.9. The molecule has 0 bridgehead atoms. The zero-order chi connectivity index (χ0) is 28.3. The number of nitrogens with zero attached hydrogens (tertiary/aromatic N) is 1. The number of amides is 2. The van der Waals surface area contributed by atoms with Crippen molar-refractivity contribution in [3.63, 3.8) is 0 Å². The van der Waals surface area contributed by atoms with Gasteiger partial charge in [-0.15, -0.1) is 0 Å². The molecule has 1 saturated carbocycles. The minimum atomic E-state index is -0.895. The Bertz CT molecular complexity index is 1070. The van der Waals surface area contributed by atoms with Gasteiger partial charge in [-0.25, -0.2) is 4.79 Å². The second-order valence-corrected chi connectivity index (χ2v) is 11.4. The number of carbonyl (C=O) groups is 4. The highest BCUT2D eigenvalue weighted by molar-refractivity contribution is 6.04. The van der Waals surface area contributed by atoms with E-state index in [0.29, 0.717) is 5.71 Å². The number of nitrogens with one attached hydrogen (secondary N) is 2. The van der Waals surface area contributed by atoms with Gasteiger partial charge in [0.15, 0.2) is 6.10 Å². The molecule has 1 aliphatic heterocycles. The summed E-state index contributed by atoms with van der Waals surface area (Å²) >= 11 is 0. The van der Waals surface area contributed by atoms with Crippen LogP contribution in [0.25, 0.3) is 0 Å². The molecule has 3 rings (SSSR count). The van der Waals surface area contributed by atoms with Crippen LogP contribution < -0.4 is 10.6 Å². The summed E-state index contributed by atoms with van der Waals surface area (Å²) in [7, 11) is 0. The first-order valence-corrected chi connectivity index (χ1v) is 12.6. The molecule has 1 aromatic rings. The van der Waals surface area contributed by atoms with E-state index in [1.165, 1.54) is 6.92 Å². The van der Waals surface area contributed by atoms with Gasteiger partial charge < -0.3 is 29.7 Å². The fraction of sp³-hybridized carbons (Fsp3) is 0.593. The second-order valence-electron chi connectivity index (χ2n) is 11.4. The summed E-state index contributed by atoms with van der Waals surface area (Å²) in [5, 5.41) is 9.62. The molecule has 1 aromatic carbocycles. The molecule has 0 saturated heterocycles. The van der Waals surface area contributed by atoms with E-state index in [2.05, 4.69) is 15.8 Å². The number of hydrogen-bond donors (Lipinski definition) is 2. The third-order valence-corrected chi connectivity index (χ3v) is 5.74. The van der Waals surface area contributed by atoms with Crippen LogP contribution in [0.3, 0.4) is 0 Å². The van der Waals surface area contributed by atoms with Crippen molar-refractivity contribution in [2.75, 3.05) is 0 Å². The number of hydrogen-bond acceptors (Lipinski definition) is 9. The molecule has 11 nitrogen and oxygen atoms in total. The standard InChI is InChI=1S/C27H37N3O8/c1-15(28-25(34)37-27(5,6)7)24(33)29-17-13-18(35-19(31)14-20(32)36-26(2,3)4)21-22(30-38-23(17)21)16-11-9-8-10-12-16/h8-12,15,17-18,21,23H,13-14H2,1-7H3,(H,28,34)(H,29,33)/t15-,17-,18+,21+,23+/m0/s1. The summed E-state index contributed by atoms with van der Waals surface area (Å²) in [6.45, 7) is 11.8. The average molecular weight is 532 g/mol. The molecule has 11 heteroatoms. The molecule has 38 heavy (non-hydrogen) atoms. The van der Waals surface area contributed by atoms with E-state index in [4.69, 9.17) is 19.0 Å². The van der Waals surface area contributed by atoms with Gasteiger partial charge in [0.05, 0.1) is 17.7 Å². The Hall–Kier alpha value is -3.63. The van der Waals surface area contributed by atoms with Gasteiger partial charge in [-0.05, 0) is 54.0 Å². The number of oxime groups is 1. The molecule has 1 heterocycles. The van der Waals surface area contributed by atoms with E-state index in [-0.39, 0.29) is 6.42 Å². The molecule has 0 unspecified atom stereocenters. The van der Waals surface area contributed by atoms with E-state index in [9.17, 15) is 19.2 Å². The highest BCUT2D eigenvalue weighted by atomic mass is 16.7. The number of ether oxygens (including phenoxy) is 3. The van der Waals surface area contributed by atoms with Crippen molar-refractivity contribution < 1.29 is 38.2 Å². The smallest absolute Gasteiger partial charge is 0.408 e. The maximum Gasteiger partial charge on any atom is 0.408 e. The summed E-state index contributed by atoms with van der Waals surface area (Å²) in [6.07, 6.45) is -2.35. The second kappa shape index (κ2) is 11.4. The van der Waals surface area contributed by atoms with Crippen LogP contribution in [0, 0.1) is 5.92 Å². The Morgan fingerprint density at radius 3 is 2.24 bits per heavy atom. The minimum Gasteiger partial charge on any atom is -0.461 e. The molecule has 2 N–H and O–H groups in total. The predicted octanol–water partition coefficient (Wildman–Crippen LogP) is 2.85. The number of fused-ring (bicyclic) bond motifs is 1. The van der Waals surface area contributed by atoms with Gasteiger partial charge in [0.2, 0.25) is 5.91 Å². The van der Waals surface area contributed by atoms with Gasteiger partial charge in [-0.1, -0.05) is 35.5 Å². The first kappa shape index (κ1) is 28.9. The van der Waals surface area contributed by atoms with Crippen molar-refractivity contribution in [3.8, 4) is 0 Å². The SMILES string of the molecule is C[C@H](NC(=O)OC(C)(C)C)C(=O)N[C@H]1C[C@@H](OC(=O)CC(=O)OC(C)(C)C)[C@@H]2C(c3ccccc3)=NO[C@@H]21. The molecule has 208 valence electrons. The lowest BCUT2D eigenvalue weighted by molar-refractivity contribution is -0.164. The van der Waals surface area contributed by atoms with Gasteiger partial charge >= 0.3 is 18.0 Å². The van der Waals surface area contributed by atoms with Gasteiger partial charge in [0.1, 0.15) is 29.8 Å². The molecule has 1 aliphatic carbocycles. The van der Waals surface area contributed by atoms with Gasteiger partial charge in [0.25, 0.3) is 0 Å². The number of alkyl carbamates (subject to hydrolysis) is 1. The zero-order valence-electron chi connectivity index (χ0n) is 22.9. The Labute approximate surface area is 222 Å². The molecular weight excluding hydrogens is 494 g/mol. The fourth-order valence-corrected chi connectivity index (χ4v) is 4.32. The third kappa shape index (κ3) is 7.93. The molecule has 0 aromatic heterocycles. The largest absolute Gasteiger partial charge is 0.461 e.